The van der Waals surface area contributed by atoms with Crippen LogP contribution in [0.5, 0.6) is 5.75 Å². The summed E-state index contributed by atoms with van der Waals surface area (Å²) in [7, 11) is 0. The zero-order valence-electron chi connectivity index (χ0n) is 9.64. The molecule has 1 amide bonds. The van der Waals surface area contributed by atoms with E-state index in [9.17, 15) is 9.90 Å². The van der Waals surface area contributed by atoms with Gasteiger partial charge in [0, 0.05) is 5.69 Å². The minimum absolute atomic E-state index is 0.172. The van der Waals surface area contributed by atoms with Crippen molar-refractivity contribution >= 4 is 27.5 Å². The Morgan fingerprint density at radius 3 is 2.78 bits per heavy atom. The molecule has 0 unspecified atom stereocenters. The summed E-state index contributed by atoms with van der Waals surface area (Å²) in [6.45, 7) is 1.81. The number of phenolic OH excluding ortho intramolecular Hbond substituents is 1. The number of hydrogen-bond donors (Lipinski definition) is 2. The highest BCUT2D eigenvalue weighted by Crippen LogP contribution is 2.20. The number of carbonyl (C=O) groups excluding carboxylic acids is 1. The highest BCUT2D eigenvalue weighted by molar-refractivity contribution is 9.10. The summed E-state index contributed by atoms with van der Waals surface area (Å²) < 4.78 is 0.609. The van der Waals surface area contributed by atoms with Crippen LogP contribution >= 0.6 is 15.9 Å². The van der Waals surface area contributed by atoms with Crippen LogP contribution in [-0.4, -0.2) is 16.0 Å². The third-order valence-corrected chi connectivity index (χ3v) is 2.85. The number of nitrogens with one attached hydrogen (secondary N) is 1. The molecule has 18 heavy (non-hydrogen) atoms. The van der Waals surface area contributed by atoms with Gasteiger partial charge in [-0.2, -0.15) is 0 Å². The first-order chi connectivity index (χ1) is 8.56. The third kappa shape index (κ3) is 2.87. The van der Waals surface area contributed by atoms with E-state index >= 15 is 0 Å². The van der Waals surface area contributed by atoms with Gasteiger partial charge in [-0.3, -0.25) is 4.79 Å². The molecule has 0 saturated heterocycles. The van der Waals surface area contributed by atoms with E-state index in [1.165, 1.54) is 6.07 Å². The Balaban J connectivity index is 2.21. The van der Waals surface area contributed by atoms with Gasteiger partial charge in [-0.05, 0) is 58.7 Å². The van der Waals surface area contributed by atoms with Gasteiger partial charge in [0.2, 0.25) is 0 Å². The number of carbonyl (C=O) groups is 1. The van der Waals surface area contributed by atoms with Gasteiger partial charge in [-0.15, -0.1) is 0 Å². The topological polar surface area (TPSA) is 62.2 Å². The fourth-order valence-corrected chi connectivity index (χ4v) is 1.85. The van der Waals surface area contributed by atoms with Gasteiger partial charge in [-0.25, -0.2) is 4.98 Å². The Morgan fingerprint density at radius 2 is 2.11 bits per heavy atom. The molecule has 1 aromatic carbocycles. The minimum Gasteiger partial charge on any atom is -0.508 e. The Kier molecular flexibility index (Phi) is 3.62. The second kappa shape index (κ2) is 5.18. The highest BCUT2D eigenvalue weighted by atomic mass is 79.9. The maximum Gasteiger partial charge on any atom is 0.274 e. The monoisotopic (exact) mass is 306 g/mol. The zero-order chi connectivity index (χ0) is 13.1. The zero-order valence-corrected chi connectivity index (χ0v) is 11.2. The number of pyridine rings is 1. The second-order valence-corrected chi connectivity index (χ2v) is 4.61. The molecule has 0 aliphatic heterocycles. The van der Waals surface area contributed by atoms with Crippen LogP contribution < -0.4 is 5.32 Å². The number of anilines is 1. The standard InChI is InChI=1S/C13H11BrN2O2/c1-8-7-9(17)5-6-10(8)16-13(18)11-3-2-4-12(14)15-11/h2-7,17H,1H3,(H,16,18). The van der Waals surface area contributed by atoms with Gasteiger partial charge < -0.3 is 10.4 Å². The molecular formula is C13H11BrN2O2. The van der Waals surface area contributed by atoms with Crippen molar-refractivity contribution in [1.29, 1.82) is 0 Å². The molecule has 2 rings (SSSR count). The smallest absolute Gasteiger partial charge is 0.274 e. The van der Waals surface area contributed by atoms with E-state index in [1.54, 1.807) is 30.3 Å². The largest absolute Gasteiger partial charge is 0.508 e. The molecular weight excluding hydrogens is 296 g/mol. The van der Waals surface area contributed by atoms with Gasteiger partial charge in [0.25, 0.3) is 5.91 Å². The molecule has 2 N–H and O–H groups in total. The normalized spacial score (nSPS) is 10.1. The molecule has 0 spiro atoms. The van der Waals surface area contributed by atoms with Crippen LogP contribution in [0.3, 0.4) is 0 Å². The van der Waals surface area contributed by atoms with Gasteiger partial charge in [0.1, 0.15) is 16.0 Å². The lowest BCUT2D eigenvalue weighted by Crippen LogP contribution is -2.14. The van der Waals surface area contributed by atoms with Crippen molar-refractivity contribution in [2.75, 3.05) is 5.32 Å². The van der Waals surface area contributed by atoms with E-state index in [-0.39, 0.29) is 11.7 Å². The average molecular weight is 307 g/mol. The van der Waals surface area contributed by atoms with Crippen molar-refractivity contribution in [3.05, 3.63) is 52.3 Å². The Labute approximate surface area is 113 Å². The van der Waals surface area contributed by atoms with E-state index in [0.717, 1.165) is 5.56 Å². The summed E-state index contributed by atoms with van der Waals surface area (Å²) in [6, 6.07) is 9.90. The first-order valence-electron chi connectivity index (χ1n) is 5.30. The van der Waals surface area contributed by atoms with Crippen molar-refractivity contribution < 1.29 is 9.90 Å². The molecule has 92 valence electrons. The SMILES string of the molecule is Cc1cc(O)ccc1NC(=O)c1cccc(Br)n1. The summed E-state index contributed by atoms with van der Waals surface area (Å²) in [5.41, 5.74) is 1.77. The third-order valence-electron chi connectivity index (χ3n) is 2.41. The van der Waals surface area contributed by atoms with Crippen molar-refractivity contribution in [2.24, 2.45) is 0 Å². The molecule has 2 aromatic rings. The number of benzene rings is 1. The van der Waals surface area contributed by atoms with Crippen LogP contribution in [0.15, 0.2) is 41.0 Å². The van der Waals surface area contributed by atoms with Gasteiger partial charge in [-0.1, -0.05) is 6.07 Å². The predicted molar refractivity (Wildman–Crippen MR) is 72.7 cm³/mol. The molecule has 0 saturated carbocycles. The molecule has 0 bridgehead atoms. The van der Waals surface area contributed by atoms with E-state index in [2.05, 4.69) is 26.2 Å². The van der Waals surface area contributed by atoms with E-state index < -0.39 is 0 Å². The molecule has 4 nitrogen and oxygen atoms in total. The fourth-order valence-electron chi connectivity index (χ4n) is 1.51. The minimum atomic E-state index is -0.287. The van der Waals surface area contributed by atoms with Crippen molar-refractivity contribution in [3.8, 4) is 5.75 Å². The lowest BCUT2D eigenvalue weighted by Gasteiger charge is -2.08. The number of amides is 1. The highest BCUT2D eigenvalue weighted by Gasteiger charge is 2.09. The molecule has 1 heterocycles. The summed E-state index contributed by atoms with van der Waals surface area (Å²) >= 11 is 3.22. The maximum absolute atomic E-state index is 11.9. The molecule has 5 heteroatoms. The number of aryl methyl sites for hydroxylation is 1. The van der Waals surface area contributed by atoms with Crippen LogP contribution in [0, 0.1) is 6.92 Å². The predicted octanol–water partition coefficient (Wildman–Crippen LogP) is 3.11. The molecule has 0 aliphatic rings. The van der Waals surface area contributed by atoms with Crippen molar-refractivity contribution in [3.63, 3.8) is 0 Å². The van der Waals surface area contributed by atoms with Crippen molar-refractivity contribution in [2.45, 2.75) is 6.92 Å². The van der Waals surface area contributed by atoms with E-state index in [4.69, 9.17) is 0 Å². The molecule has 0 fully saturated rings. The summed E-state index contributed by atoms with van der Waals surface area (Å²) in [5.74, 6) is -0.115. The number of phenols is 1. The number of halogens is 1. The Morgan fingerprint density at radius 1 is 1.33 bits per heavy atom. The van der Waals surface area contributed by atoms with Crippen LogP contribution in [0.2, 0.25) is 0 Å². The lowest BCUT2D eigenvalue weighted by atomic mass is 10.2. The molecule has 0 radical (unpaired) electrons. The van der Waals surface area contributed by atoms with Crippen LogP contribution in [0.4, 0.5) is 5.69 Å². The van der Waals surface area contributed by atoms with Crippen LogP contribution in [0.25, 0.3) is 0 Å². The van der Waals surface area contributed by atoms with Crippen LogP contribution in [0.1, 0.15) is 16.1 Å². The van der Waals surface area contributed by atoms with Gasteiger partial charge in [0.05, 0.1) is 0 Å². The number of aromatic hydroxyl groups is 1. The lowest BCUT2D eigenvalue weighted by molar-refractivity contribution is 0.102. The second-order valence-electron chi connectivity index (χ2n) is 3.80. The average Bonchev–Trinajstić information content (AvgIpc) is 2.32. The van der Waals surface area contributed by atoms with Gasteiger partial charge in [0.15, 0.2) is 0 Å². The van der Waals surface area contributed by atoms with Crippen LogP contribution in [-0.2, 0) is 0 Å². The van der Waals surface area contributed by atoms with E-state index in [0.29, 0.717) is 16.0 Å². The number of nitrogens with zero attached hydrogens (tertiary/aromatic N) is 1. The molecule has 0 aliphatic carbocycles. The Bertz CT molecular complexity index is 599. The number of aromatic nitrogens is 1. The first-order valence-corrected chi connectivity index (χ1v) is 6.09. The molecule has 0 atom stereocenters. The number of hydrogen-bond acceptors (Lipinski definition) is 3. The quantitative estimate of drug-likeness (QED) is 0.662. The molecule has 1 aromatic heterocycles. The first kappa shape index (κ1) is 12.6. The van der Waals surface area contributed by atoms with Crippen molar-refractivity contribution in [1.82, 2.24) is 4.98 Å². The van der Waals surface area contributed by atoms with E-state index in [1.807, 2.05) is 6.92 Å². The summed E-state index contributed by atoms with van der Waals surface area (Å²) in [5, 5.41) is 12.0. The maximum atomic E-state index is 11.9. The summed E-state index contributed by atoms with van der Waals surface area (Å²) in [6.07, 6.45) is 0. The fraction of sp³-hybridized carbons (Fsp3) is 0.0769. The van der Waals surface area contributed by atoms with Gasteiger partial charge >= 0.3 is 0 Å². The Hall–Kier alpha value is -1.88. The summed E-state index contributed by atoms with van der Waals surface area (Å²) in [4.78, 5) is 16.0. The number of rotatable bonds is 2.